The molecule has 0 unspecified atom stereocenters. The summed E-state index contributed by atoms with van der Waals surface area (Å²) in [6.45, 7) is 0. The van der Waals surface area contributed by atoms with Crippen molar-refractivity contribution < 1.29 is 9.59 Å². The first-order valence-corrected chi connectivity index (χ1v) is 11.2. The highest BCUT2D eigenvalue weighted by molar-refractivity contribution is 6.33. The maximum Gasteiger partial charge on any atom is 0.323 e. The van der Waals surface area contributed by atoms with Crippen LogP contribution in [0.3, 0.4) is 0 Å². The Balaban J connectivity index is 1.26. The zero-order chi connectivity index (χ0) is 23.7. The SMILES string of the molecule is Cn1nc(C2CC2)cc1NC(=O)c1cccc(-n2cc(NC(=O)Nc3ccccc3Cl)cn2)c1. The predicted octanol–water partition coefficient (Wildman–Crippen LogP) is 5.03. The fraction of sp³-hybridized carbons (Fsp3) is 0.167. The van der Waals surface area contributed by atoms with E-state index in [4.69, 9.17) is 11.6 Å². The minimum atomic E-state index is -0.442. The van der Waals surface area contributed by atoms with Crippen LogP contribution in [0.2, 0.25) is 5.02 Å². The number of halogens is 1. The van der Waals surface area contributed by atoms with Crippen LogP contribution in [0, 0.1) is 0 Å². The zero-order valence-corrected chi connectivity index (χ0v) is 19.1. The number of rotatable bonds is 6. The number of nitrogens with one attached hydrogen (secondary N) is 3. The first kappa shape index (κ1) is 21.7. The lowest BCUT2D eigenvalue weighted by molar-refractivity contribution is 0.102. The van der Waals surface area contributed by atoms with Gasteiger partial charge < -0.3 is 16.0 Å². The van der Waals surface area contributed by atoms with Gasteiger partial charge in [-0.1, -0.05) is 29.8 Å². The van der Waals surface area contributed by atoms with Crippen LogP contribution in [0.4, 0.5) is 22.0 Å². The van der Waals surface area contributed by atoms with Gasteiger partial charge in [-0.2, -0.15) is 10.2 Å². The molecule has 0 aliphatic heterocycles. The van der Waals surface area contributed by atoms with Crippen molar-refractivity contribution in [3.8, 4) is 5.69 Å². The fourth-order valence-corrected chi connectivity index (χ4v) is 3.72. The number of carbonyl (C=O) groups is 2. The number of nitrogens with zero attached hydrogens (tertiary/aromatic N) is 4. The van der Waals surface area contributed by atoms with Crippen molar-refractivity contribution in [3.63, 3.8) is 0 Å². The van der Waals surface area contributed by atoms with Gasteiger partial charge in [-0.3, -0.25) is 9.48 Å². The van der Waals surface area contributed by atoms with E-state index < -0.39 is 6.03 Å². The van der Waals surface area contributed by atoms with Crippen LogP contribution < -0.4 is 16.0 Å². The minimum Gasteiger partial charge on any atom is -0.307 e. The first-order chi connectivity index (χ1) is 16.5. The molecule has 1 aliphatic rings. The van der Waals surface area contributed by atoms with E-state index in [2.05, 4.69) is 26.1 Å². The van der Waals surface area contributed by atoms with E-state index in [0.717, 1.165) is 18.5 Å². The standard InChI is InChI=1S/C24H22ClN7O2/c1-31-22(12-21(30-31)15-9-10-15)29-23(33)16-5-4-6-18(11-16)32-14-17(13-26-32)27-24(34)28-20-8-3-2-7-19(20)25/h2-8,11-15H,9-10H2,1H3,(H,29,33)(H2,27,28,34). The van der Waals surface area contributed by atoms with Crippen LogP contribution >= 0.6 is 11.6 Å². The third-order valence-electron chi connectivity index (χ3n) is 5.47. The third-order valence-corrected chi connectivity index (χ3v) is 5.80. The molecule has 0 atom stereocenters. The Labute approximate surface area is 200 Å². The topological polar surface area (TPSA) is 106 Å². The Morgan fingerprint density at radius 2 is 1.85 bits per heavy atom. The molecule has 172 valence electrons. The molecule has 1 fully saturated rings. The van der Waals surface area contributed by atoms with E-state index >= 15 is 0 Å². The summed E-state index contributed by atoms with van der Waals surface area (Å²) in [5.41, 5.74) is 3.16. The summed E-state index contributed by atoms with van der Waals surface area (Å²) < 4.78 is 3.27. The maximum atomic E-state index is 12.8. The number of hydrogen-bond acceptors (Lipinski definition) is 4. The van der Waals surface area contributed by atoms with Crippen molar-refractivity contribution >= 4 is 40.7 Å². The zero-order valence-electron chi connectivity index (χ0n) is 18.3. The van der Waals surface area contributed by atoms with Crippen molar-refractivity contribution in [3.05, 3.63) is 83.3 Å². The summed E-state index contributed by atoms with van der Waals surface area (Å²) in [4.78, 5) is 25.1. The molecule has 2 heterocycles. The summed E-state index contributed by atoms with van der Waals surface area (Å²) in [5.74, 6) is 0.929. The van der Waals surface area contributed by atoms with E-state index in [-0.39, 0.29) is 5.91 Å². The lowest BCUT2D eigenvalue weighted by Crippen LogP contribution is -2.19. The quantitative estimate of drug-likeness (QED) is 0.363. The van der Waals surface area contributed by atoms with Gasteiger partial charge in [0.15, 0.2) is 0 Å². The van der Waals surface area contributed by atoms with Gasteiger partial charge in [0.25, 0.3) is 5.91 Å². The Kier molecular flexibility index (Phi) is 5.77. The van der Waals surface area contributed by atoms with Crippen molar-refractivity contribution in [2.24, 2.45) is 7.05 Å². The molecule has 1 aliphatic carbocycles. The van der Waals surface area contributed by atoms with Crippen LogP contribution in [0.5, 0.6) is 0 Å². The highest BCUT2D eigenvalue weighted by Gasteiger charge is 2.27. The van der Waals surface area contributed by atoms with Crippen LogP contribution in [0.1, 0.15) is 34.8 Å². The fourth-order valence-electron chi connectivity index (χ4n) is 3.54. The predicted molar refractivity (Wildman–Crippen MR) is 131 cm³/mol. The second kappa shape index (κ2) is 9.03. The van der Waals surface area contributed by atoms with Gasteiger partial charge in [0.1, 0.15) is 5.82 Å². The second-order valence-corrected chi connectivity index (χ2v) is 8.50. The lowest BCUT2D eigenvalue weighted by Gasteiger charge is -2.08. The van der Waals surface area contributed by atoms with E-state index in [0.29, 0.717) is 39.4 Å². The molecule has 3 amide bonds. The highest BCUT2D eigenvalue weighted by atomic mass is 35.5. The van der Waals surface area contributed by atoms with Gasteiger partial charge in [0.2, 0.25) is 0 Å². The van der Waals surface area contributed by atoms with Crippen LogP contribution in [-0.4, -0.2) is 31.5 Å². The first-order valence-electron chi connectivity index (χ1n) is 10.8. The van der Waals surface area contributed by atoms with Crippen molar-refractivity contribution in [1.82, 2.24) is 19.6 Å². The summed E-state index contributed by atoms with van der Waals surface area (Å²) >= 11 is 6.08. The van der Waals surface area contributed by atoms with E-state index in [1.54, 1.807) is 58.0 Å². The largest absolute Gasteiger partial charge is 0.323 e. The summed E-state index contributed by atoms with van der Waals surface area (Å²) in [5, 5.41) is 17.6. The Hall–Kier alpha value is -4.11. The molecular weight excluding hydrogens is 454 g/mol. The van der Waals surface area contributed by atoms with Crippen LogP contribution in [0.25, 0.3) is 5.69 Å². The van der Waals surface area contributed by atoms with Gasteiger partial charge in [0, 0.05) is 24.6 Å². The summed E-state index contributed by atoms with van der Waals surface area (Å²) in [6.07, 6.45) is 5.48. The van der Waals surface area contributed by atoms with Crippen molar-refractivity contribution in [1.29, 1.82) is 0 Å². The molecule has 5 rings (SSSR count). The highest BCUT2D eigenvalue weighted by Crippen LogP contribution is 2.40. The van der Waals surface area contributed by atoms with Gasteiger partial charge in [-0.05, 0) is 43.2 Å². The molecule has 9 nitrogen and oxygen atoms in total. The number of carbonyl (C=O) groups excluding carboxylic acids is 2. The number of hydrogen-bond donors (Lipinski definition) is 3. The molecule has 0 radical (unpaired) electrons. The molecule has 0 spiro atoms. The smallest absolute Gasteiger partial charge is 0.307 e. The van der Waals surface area contributed by atoms with E-state index in [9.17, 15) is 9.59 Å². The average Bonchev–Trinajstić information content (AvgIpc) is 3.47. The van der Waals surface area contributed by atoms with E-state index in [1.165, 1.54) is 6.20 Å². The molecule has 2 aromatic carbocycles. The summed E-state index contributed by atoms with van der Waals surface area (Å²) in [6, 6.07) is 15.5. The molecule has 0 saturated heterocycles. The van der Waals surface area contributed by atoms with Crippen molar-refractivity contribution in [2.45, 2.75) is 18.8 Å². The van der Waals surface area contributed by atoms with Gasteiger partial charge >= 0.3 is 6.03 Å². The third kappa shape index (κ3) is 4.79. The summed E-state index contributed by atoms with van der Waals surface area (Å²) in [7, 11) is 1.82. The number of aryl methyl sites for hydroxylation is 1. The number of para-hydroxylation sites is 1. The van der Waals surface area contributed by atoms with Crippen LogP contribution in [-0.2, 0) is 7.05 Å². The monoisotopic (exact) mass is 475 g/mol. The van der Waals surface area contributed by atoms with Crippen molar-refractivity contribution in [2.75, 3.05) is 16.0 Å². The Morgan fingerprint density at radius 3 is 2.65 bits per heavy atom. The van der Waals surface area contributed by atoms with Gasteiger partial charge in [-0.15, -0.1) is 0 Å². The Morgan fingerprint density at radius 1 is 1.03 bits per heavy atom. The number of anilines is 3. The van der Waals surface area contributed by atoms with Crippen LogP contribution in [0.15, 0.2) is 67.0 Å². The maximum absolute atomic E-state index is 12.8. The molecule has 34 heavy (non-hydrogen) atoms. The number of amides is 3. The normalized spacial score (nSPS) is 12.9. The minimum absolute atomic E-state index is 0.239. The second-order valence-electron chi connectivity index (χ2n) is 8.09. The molecular formula is C24H22ClN7O2. The number of benzene rings is 2. The van der Waals surface area contributed by atoms with E-state index in [1.807, 2.05) is 19.2 Å². The molecule has 4 aromatic rings. The number of urea groups is 1. The molecule has 1 saturated carbocycles. The molecule has 3 N–H and O–H groups in total. The van der Waals surface area contributed by atoms with Gasteiger partial charge in [-0.25, -0.2) is 9.48 Å². The number of aromatic nitrogens is 4. The van der Waals surface area contributed by atoms with Gasteiger partial charge in [0.05, 0.1) is 40.2 Å². The molecule has 2 aromatic heterocycles. The Bertz CT molecular complexity index is 1370. The molecule has 10 heteroatoms. The molecule has 0 bridgehead atoms. The average molecular weight is 476 g/mol. The lowest BCUT2D eigenvalue weighted by atomic mass is 10.2.